The number of imide groups is 2. The zero-order valence-electron chi connectivity index (χ0n) is 24.5. The zero-order chi connectivity index (χ0) is 33.2. The maximum atomic E-state index is 16.4. The summed E-state index contributed by atoms with van der Waals surface area (Å²) in [4.78, 5) is 56.7. The van der Waals surface area contributed by atoms with E-state index in [9.17, 15) is 19.2 Å². The Bertz CT molecular complexity index is 2330. The third kappa shape index (κ3) is 3.57. The van der Waals surface area contributed by atoms with Gasteiger partial charge in [-0.3, -0.25) is 29.0 Å². The van der Waals surface area contributed by atoms with Crippen molar-refractivity contribution >= 4 is 66.7 Å². The van der Waals surface area contributed by atoms with Crippen LogP contribution in [0.2, 0.25) is 0 Å². The highest BCUT2D eigenvalue weighted by molar-refractivity contribution is 6.41. The van der Waals surface area contributed by atoms with Crippen molar-refractivity contribution in [2.45, 2.75) is 13.1 Å². The number of halogens is 4. The molecule has 232 valence electrons. The topological polar surface area (TPSA) is 74.8 Å². The molecule has 0 atom stereocenters. The summed E-state index contributed by atoms with van der Waals surface area (Å²) in [5.74, 6) is -7.91. The molecule has 6 nitrogen and oxygen atoms in total. The summed E-state index contributed by atoms with van der Waals surface area (Å²) < 4.78 is 65.5. The SMILES string of the molecule is O=C1c2cc(F)c3c4c(F)cc5c6c(cc(F)c(c7c(F)cc(c2c37)C(=O)N1Cc1ccccc1)c64)C(=O)N(Cc1ccccc1)C5=O. The molecule has 0 unspecified atom stereocenters. The second-order valence-electron chi connectivity index (χ2n) is 12.0. The van der Waals surface area contributed by atoms with E-state index in [1.807, 2.05) is 0 Å². The first kappa shape index (κ1) is 28.1. The average Bonchev–Trinajstić information content (AvgIpc) is 3.08. The van der Waals surface area contributed by atoms with Gasteiger partial charge in [0.2, 0.25) is 0 Å². The fraction of sp³-hybridized carbons (Fsp3) is 0.0526. The molecule has 0 fully saturated rings. The largest absolute Gasteiger partial charge is 0.270 e. The smallest absolute Gasteiger partial charge is 0.261 e. The van der Waals surface area contributed by atoms with Crippen molar-refractivity contribution in [1.29, 1.82) is 0 Å². The summed E-state index contributed by atoms with van der Waals surface area (Å²) in [6.07, 6.45) is 0. The van der Waals surface area contributed by atoms with Crippen LogP contribution < -0.4 is 0 Å². The number of carbonyl (C=O) groups is 4. The van der Waals surface area contributed by atoms with Crippen LogP contribution in [0.3, 0.4) is 0 Å². The monoisotopic (exact) mass is 642 g/mol. The minimum Gasteiger partial charge on any atom is -0.270 e. The van der Waals surface area contributed by atoms with Gasteiger partial charge in [-0.2, -0.15) is 0 Å². The Morgan fingerprint density at radius 2 is 0.646 bits per heavy atom. The quantitative estimate of drug-likeness (QED) is 0.0848. The van der Waals surface area contributed by atoms with Crippen LogP contribution in [-0.4, -0.2) is 33.4 Å². The van der Waals surface area contributed by atoms with Gasteiger partial charge in [-0.15, -0.1) is 0 Å². The lowest BCUT2D eigenvalue weighted by molar-refractivity contribution is 0.0582. The van der Waals surface area contributed by atoms with Gasteiger partial charge in [-0.1, -0.05) is 60.7 Å². The summed E-state index contributed by atoms with van der Waals surface area (Å²) in [6.45, 7) is -0.348. The number of nitrogens with zero attached hydrogens (tertiary/aromatic N) is 2. The number of rotatable bonds is 4. The van der Waals surface area contributed by atoms with Gasteiger partial charge in [-0.05, 0) is 35.4 Å². The molecule has 0 radical (unpaired) electrons. The van der Waals surface area contributed by atoms with E-state index in [1.165, 1.54) is 0 Å². The van der Waals surface area contributed by atoms with Gasteiger partial charge in [-0.25, -0.2) is 17.6 Å². The Balaban J connectivity index is 1.36. The molecule has 7 aromatic rings. The van der Waals surface area contributed by atoms with E-state index in [1.54, 1.807) is 60.7 Å². The second kappa shape index (κ2) is 9.68. The highest BCUT2D eigenvalue weighted by Crippen LogP contribution is 2.49. The summed E-state index contributed by atoms with van der Waals surface area (Å²) in [5.41, 5.74) is 0.117. The van der Waals surface area contributed by atoms with Crippen molar-refractivity contribution in [3.8, 4) is 0 Å². The second-order valence-corrected chi connectivity index (χ2v) is 12.0. The lowest BCUT2D eigenvalue weighted by atomic mass is 9.81. The van der Waals surface area contributed by atoms with Gasteiger partial charge < -0.3 is 0 Å². The van der Waals surface area contributed by atoms with Gasteiger partial charge in [0, 0.05) is 43.1 Å². The number of benzene rings is 7. The number of carbonyl (C=O) groups excluding carboxylic acids is 4. The molecule has 48 heavy (non-hydrogen) atoms. The highest BCUT2D eigenvalue weighted by Gasteiger charge is 2.40. The van der Waals surface area contributed by atoms with Crippen LogP contribution in [-0.2, 0) is 13.1 Å². The van der Waals surface area contributed by atoms with Crippen LogP contribution in [0, 0.1) is 23.3 Å². The molecule has 2 heterocycles. The molecular formula is C38H18F4N2O4. The van der Waals surface area contributed by atoms with E-state index in [0.29, 0.717) is 11.1 Å². The van der Waals surface area contributed by atoms with Gasteiger partial charge in [0.15, 0.2) is 0 Å². The summed E-state index contributed by atoms with van der Waals surface area (Å²) in [6, 6.07) is 20.6. The van der Waals surface area contributed by atoms with E-state index in [4.69, 9.17) is 0 Å². The molecule has 0 saturated carbocycles. The van der Waals surface area contributed by atoms with Crippen LogP contribution in [0.15, 0.2) is 84.9 Å². The first-order valence-corrected chi connectivity index (χ1v) is 14.9. The Hall–Kier alpha value is -6.16. The molecule has 2 aliphatic rings. The van der Waals surface area contributed by atoms with E-state index >= 15 is 17.6 Å². The summed E-state index contributed by atoms with van der Waals surface area (Å²) in [7, 11) is 0. The van der Waals surface area contributed by atoms with Crippen LogP contribution in [0.1, 0.15) is 52.6 Å². The normalized spacial score (nSPS) is 14.5. The van der Waals surface area contributed by atoms with Crippen molar-refractivity contribution < 1.29 is 36.7 Å². The Morgan fingerprint density at radius 1 is 0.375 bits per heavy atom. The van der Waals surface area contributed by atoms with Gasteiger partial charge in [0.25, 0.3) is 23.6 Å². The number of hydrogen-bond acceptors (Lipinski definition) is 4. The summed E-state index contributed by atoms with van der Waals surface area (Å²) in [5, 5.41) is -2.95. The number of hydrogen-bond donors (Lipinski definition) is 0. The van der Waals surface area contributed by atoms with Crippen LogP contribution in [0.5, 0.6) is 0 Å². The Morgan fingerprint density at radius 3 is 0.917 bits per heavy atom. The minimum absolute atomic E-state index is 0.138. The first-order chi connectivity index (χ1) is 23.2. The van der Waals surface area contributed by atoms with Gasteiger partial charge >= 0.3 is 0 Å². The predicted octanol–water partition coefficient (Wildman–Crippen LogP) is 7.89. The van der Waals surface area contributed by atoms with Crippen molar-refractivity contribution in [3.63, 3.8) is 0 Å². The number of fused-ring (bicyclic) bond motifs is 2. The van der Waals surface area contributed by atoms with Gasteiger partial charge in [0.05, 0.1) is 35.3 Å². The van der Waals surface area contributed by atoms with Crippen molar-refractivity contribution in [1.82, 2.24) is 9.80 Å². The third-order valence-corrected chi connectivity index (χ3v) is 9.39. The number of amides is 4. The van der Waals surface area contributed by atoms with Crippen LogP contribution >= 0.6 is 0 Å². The Labute approximate surface area is 267 Å². The molecular weight excluding hydrogens is 624 g/mol. The van der Waals surface area contributed by atoms with Gasteiger partial charge in [0.1, 0.15) is 23.3 Å². The summed E-state index contributed by atoms with van der Waals surface area (Å²) >= 11 is 0. The van der Waals surface area contributed by atoms with Crippen molar-refractivity contribution in [3.05, 3.63) is 142 Å². The van der Waals surface area contributed by atoms with E-state index < -0.39 is 68.4 Å². The van der Waals surface area contributed by atoms with E-state index in [0.717, 1.165) is 34.1 Å². The molecule has 0 aliphatic carbocycles. The molecule has 0 bridgehead atoms. The van der Waals surface area contributed by atoms with E-state index in [2.05, 4.69) is 0 Å². The zero-order valence-corrected chi connectivity index (χ0v) is 24.5. The molecule has 4 amide bonds. The van der Waals surface area contributed by atoms with Crippen LogP contribution in [0.25, 0.3) is 43.1 Å². The average molecular weight is 643 g/mol. The molecule has 2 aliphatic heterocycles. The first-order valence-electron chi connectivity index (χ1n) is 14.9. The molecule has 7 aromatic carbocycles. The fourth-order valence-electron chi connectivity index (χ4n) is 7.38. The highest BCUT2D eigenvalue weighted by atomic mass is 19.1. The fourth-order valence-corrected chi connectivity index (χ4v) is 7.38. The van der Waals surface area contributed by atoms with Crippen LogP contribution in [0.4, 0.5) is 17.6 Å². The molecule has 10 heteroatoms. The van der Waals surface area contributed by atoms with Crippen molar-refractivity contribution in [2.75, 3.05) is 0 Å². The Kier molecular flexibility index (Phi) is 5.66. The molecule has 0 aromatic heterocycles. The minimum atomic E-state index is -1.12. The third-order valence-electron chi connectivity index (χ3n) is 9.39. The predicted molar refractivity (Wildman–Crippen MR) is 169 cm³/mol. The lowest BCUT2D eigenvalue weighted by Gasteiger charge is -2.30. The standard InChI is InChI=1S/C38H18F4N2O4/c39-23-11-19-27-20(36(46)43(35(19)45)15-17-7-3-1-4-8-17)12-24(40)30-32-26(42)14-22-28-21(13-25(41)31(34(28)32)29(23)33(27)30)37(47)44(38(22)48)16-18-9-5-2-6-10-18/h1-14H,15-16H2. The molecule has 0 N–H and O–H groups in total. The molecule has 9 rings (SSSR count). The lowest BCUT2D eigenvalue weighted by Crippen LogP contribution is -2.40. The van der Waals surface area contributed by atoms with Crippen molar-refractivity contribution in [2.24, 2.45) is 0 Å². The molecule has 0 spiro atoms. The van der Waals surface area contributed by atoms with E-state index in [-0.39, 0.29) is 56.9 Å². The maximum absolute atomic E-state index is 16.4. The maximum Gasteiger partial charge on any atom is 0.261 e. The molecule has 0 saturated heterocycles.